The molecule has 1 aromatic carbocycles. The third kappa shape index (κ3) is 2.68. The fraction of sp³-hybridized carbons (Fsp3) is 0.455. The number of halogens is 1. The van der Waals surface area contributed by atoms with Gasteiger partial charge in [-0.15, -0.1) is 0 Å². The fourth-order valence-corrected chi connectivity index (χ4v) is 2.21. The van der Waals surface area contributed by atoms with E-state index in [1.807, 2.05) is 0 Å². The van der Waals surface area contributed by atoms with Crippen LogP contribution in [-0.2, 0) is 0 Å². The summed E-state index contributed by atoms with van der Waals surface area (Å²) in [6, 6.07) is 4.81. The molecule has 1 saturated carbocycles. The van der Waals surface area contributed by atoms with Crippen molar-refractivity contribution in [1.82, 2.24) is 0 Å². The van der Waals surface area contributed by atoms with Crippen molar-refractivity contribution in [3.8, 4) is 0 Å². The van der Waals surface area contributed by atoms with Crippen molar-refractivity contribution in [3.63, 3.8) is 0 Å². The minimum atomic E-state index is -0.486. The lowest BCUT2D eigenvalue weighted by Crippen LogP contribution is -2.33. The average Bonchev–Trinajstić information content (AvgIpc) is 2.22. The standard InChI is InChI=1S/C11H13ClN2O3/c12-9-2-1-3-10(11(9)14(16)17)13-6-7-4-8(15)5-7/h1-3,7-8,13,15H,4-6H2. The molecule has 0 spiro atoms. The number of nitrogens with zero attached hydrogens (tertiary/aromatic N) is 1. The SMILES string of the molecule is O=[N+]([O-])c1c(Cl)cccc1NCC1CC(O)C1. The Morgan fingerprint density at radius 2 is 2.24 bits per heavy atom. The van der Waals surface area contributed by atoms with Gasteiger partial charge in [-0.3, -0.25) is 10.1 Å². The molecule has 1 aliphatic carbocycles. The molecule has 5 nitrogen and oxygen atoms in total. The Morgan fingerprint density at radius 3 is 2.82 bits per heavy atom. The zero-order valence-corrected chi connectivity index (χ0v) is 9.85. The van der Waals surface area contributed by atoms with E-state index in [2.05, 4.69) is 5.32 Å². The van der Waals surface area contributed by atoms with Crippen LogP contribution in [-0.4, -0.2) is 22.7 Å². The number of anilines is 1. The largest absolute Gasteiger partial charge is 0.393 e. The highest BCUT2D eigenvalue weighted by Crippen LogP contribution is 2.33. The van der Waals surface area contributed by atoms with E-state index in [4.69, 9.17) is 16.7 Å². The molecule has 92 valence electrons. The summed E-state index contributed by atoms with van der Waals surface area (Å²) in [4.78, 5) is 10.4. The lowest BCUT2D eigenvalue weighted by molar-refractivity contribution is -0.383. The minimum absolute atomic E-state index is 0.0889. The van der Waals surface area contributed by atoms with E-state index in [1.165, 1.54) is 6.07 Å². The summed E-state index contributed by atoms with van der Waals surface area (Å²) >= 11 is 5.79. The molecule has 0 unspecified atom stereocenters. The van der Waals surface area contributed by atoms with Crippen LogP contribution >= 0.6 is 11.6 Å². The van der Waals surface area contributed by atoms with E-state index in [0.29, 0.717) is 18.2 Å². The molecule has 0 heterocycles. The van der Waals surface area contributed by atoms with Crippen molar-refractivity contribution < 1.29 is 10.0 Å². The number of hydrogen-bond acceptors (Lipinski definition) is 4. The maximum absolute atomic E-state index is 10.9. The second-order valence-corrected chi connectivity index (χ2v) is 4.67. The van der Waals surface area contributed by atoms with Crippen LogP contribution in [0.2, 0.25) is 5.02 Å². The fourth-order valence-electron chi connectivity index (χ4n) is 1.97. The Hall–Kier alpha value is -1.33. The monoisotopic (exact) mass is 256 g/mol. The number of para-hydroxylation sites is 1. The van der Waals surface area contributed by atoms with Gasteiger partial charge in [-0.2, -0.15) is 0 Å². The lowest BCUT2D eigenvalue weighted by atomic mass is 9.82. The molecule has 0 atom stereocenters. The van der Waals surface area contributed by atoms with E-state index < -0.39 is 4.92 Å². The first-order valence-electron chi connectivity index (χ1n) is 5.42. The van der Waals surface area contributed by atoms with Crippen molar-refractivity contribution in [1.29, 1.82) is 0 Å². The summed E-state index contributed by atoms with van der Waals surface area (Å²) in [6.45, 7) is 0.623. The number of benzene rings is 1. The van der Waals surface area contributed by atoms with Crippen LogP contribution in [0.15, 0.2) is 18.2 Å². The highest BCUT2D eigenvalue weighted by Gasteiger charge is 2.27. The molecule has 0 saturated heterocycles. The number of aliphatic hydroxyl groups excluding tert-OH is 1. The molecular formula is C11H13ClN2O3. The highest BCUT2D eigenvalue weighted by atomic mass is 35.5. The highest BCUT2D eigenvalue weighted by molar-refractivity contribution is 6.33. The van der Waals surface area contributed by atoms with Crippen LogP contribution in [0, 0.1) is 16.0 Å². The molecule has 6 heteroatoms. The number of rotatable bonds is 4. The first-order valence-corrected chi connectivity index (χ1v) is 5.80. The zero-order chi connectivity index (χ0) is 12.4. The smallest absolute Gasteiger partial charge is 0.310 e. The molecule has 1 fully saturated rings. The van der Waals surface area contributed by atoms with Gasteiger partial charge in [0.05, 0.1) is 11.0 Å². The van der Waals surface area contributed by atoms with Gasteiger partial charge in [0.25, 0.3) is 0 Å². The second-order valence-electron chi connectivity index (χ2n) is 4.27. The number of hydrogen-bond donors (Lipinski definition) is 2. The maximum Gasteiger partial charge on any atom is 0.310 e. The topological polar surface area (TPSA) is 75.4 Å². The number of nitrogens with one attached hydrogen (secondary N) is 1. The van der Waals surface area contributed by atoms with Gasteiger partial charge in [-0.25, -0.2) is 0 Å². The summed E-state index contributed by atoms with van der Waals surface area (Å²) < 4.78 is 0. The van der Waals surface area contributed by atoms with Gasteiger partial charge in [-0.05, 0) is 30.9 Å². The van der Waals surface area contributed by atoms with Gasteiger partial charge in [0.2, 0.25) is 0 Å². The van der Waals surface area contributed by atoms with Crippen LogP contribution in [0.1, 0.15) is 12.8 Å². The third-order valence-corrected chi connectivity index (χ3v) is 3.27. The predicted molar refractivity (Wildman–Crippen MR) is 65.3 cm³/mol. The summed E-state index contributed by atoms with van der Waals surface area (Å²) in [7, 11) is 0. The van der Waals surface area contributed by atoms with Gasteiger partial charge < -0.3 is 10.4 Å². The second kappa shape index (κ2) is 4.89. The van der Waals surface area contributed by atoms with E-state index in [0.717, 1.165) is 12.8 Å². The van der Waals surface area contributed by atoms with Crippen molar-refractivity contribution in [2.45, 2.75) is 18.9 Å². The molecular weight excluding hydrogens is 244 g/mol. The van der Waals surface area contributed by atoms with Crippen LogP contribution in [0.3, 0.4) is 0 Å². The molecule has 2 rings (SSSR count). The Kier molecular flexibility index (Phi) is 3.49. The molecule has 2 N–H and O–H groups in total. The summed E-state index contributed by atoms with van der Waals surface area (Å²) in [5, 5.41) is 23.2. The van der Waals surface area contributed by atoms with Crippen molar-refractivity contribution >= 4 is 23.0 Å². The van der Waals surface area contributed by atoms with Crippen LogP contribution in [0.25, 0.3) is 0 Å². The van der Waals surface area contributed by atoms with Gasteiger partial charge in [0, 0.05) is 6.54 Å². The van der Waals surface area contributed by atoms with Crippen LogP contribution < -0.4 is 5.32 Å². The first kappa shape index (κ1) is 12.1. The summed E-state index contributed by atoms with van der Waals surface area (Å²) in [6.07, 6.45) is 1.29. The zero-order valence-electron chi connectivity index (χ0n) is 9.10. The van der Waals surface area contributed by atoms with E-state index >= 15 is 0 Å². The molecule has 0 aromatic heterocycles. The Labute approximate surface area is 104 Å². The molecule has 0 radical (unpaired) electrons. The number of nitro groups is 1. The number of aliphatic hydroxyl groups is 1. The van der Waals surface area contributed by atoms with E-state index in [1.54, 1.807) is 12.1 Å². The van der Waals surface area contributed by atoms with Crippen LogP contribution in [0.5, 0.6) is 0 Å². The molecule has 1 aromatic rings. The lowest BCUT2D eigenvalue weighted by Gasteiger charge is -2.31. The van der Waals surface area contributed by atoms with Crippen LogP contribution in [0.4, 0.5) is 11.4 Å². The molecule has 0 aliphatic heterocycles. The third-order valence-electron chi connectivity index (χ3n) is 2.96. The van der Waals surface area contributed by atoms with Gasteiger partial charge in [0.1, 0.15) is 10.7 Å². The maximum atomic E-state index is 10.9. The van der Waals surface area contributed by atoms with Gasteiger partial charge in [0.15, 0.2) is 0 Å². The Morgan fingerprint density at radius 1 is 1.53 bits per heavy atom. The Balaban J connectivity index is 2.05. The molecule has 1 aliphatic rings. The van der Waals surface area contributed by atoms with Crippen molar-refractivity contribution in [3.05, 3.63) is 33.3 Å². The predicted octanol–water partition coefficient (Wildman–Crippen LogP) is 2.43. The van der Waals surface area contributed by atoms with Gasteiger partial charge >= 0.3 is 5.69 Å². The normalized spacial score (nSPS) is 22.9. The number of nitro benzene ring substituents is 1. The summed E-state index contributed by atoms with van der Waals surface area (Å²) in [5.74, 6) is 0.378. The minimum Gasteiger partial charge on any atom is -0.393 e. The van der Waals surface area contributed by atoms with Gasteiger partial charge in [-0.1, -0.05) is 17.7 Å². The average molecular weight is 257 g/mol. The van der Waals surface area contributed by atoms with Crippen molar-refractivity contribution in [2.75, 3.05) is 11.9 Å². The molecule has 17 heavy (non-hydrogen) atoms. The van der Waals surface area contributed by atoms with E-state index in [9.17, 15) is 10.1 Å². The molecule has 0 bridgehead atoms. The van der Waals surface area contributed by atoms with Crippen molar-refractivity contribution in [2.24, 2.45) is 5.92 Å². The Bertz CT molecular complexity index is 433. The molecule has 0 amide bonds. The first-order chi connectivity index (χ1) is 8.08. The summed E-state index contributed by atoms with van der Waals surface area (Å²) in [5.41, 5.74) is 0.345. The quantitative estimate of drug-likeness (QED) is 0.641. The van der Waals surface area contributed by atoms with E-state index in [-0.39, 0.29) is 16.8 Å².